The molecule has 0 spiro atoms. The van der Waals surface area contributed by atoms with Gasteiger partial charge in [0.15, 0.2) is 6.61 Å². The molecule has 0 saturated heterocycles. The summed E-state index contributed by atoms with van der Waals surface area (Å²) >= 11 is 0. The van der Waals surface area contributed by atoms with E-state index in [0.29, 0.717) is 29.4 Å². The van der Waals surface area contributed by atoms with Crippen LogP contribution in [0.5, 0.6) is 11.5 Å². The second-order valence-corrected chi connectivity index (χ2v) is 4.97. The fraction of sp³-hybridized carbons (Fsp3) is 0.176. The Hall–Kier alpha value is -3.02. The van der Waals surface area contributed by atoms with Crippen LogP contribution in [0.15, 0.2) is 42.5 Å². The van der Waals surface area contributed by atoms with E-state index in [1.807, 2.05) is 0 Å². The molecule has 1 aliphatic heterocycles. The van der Waals surface area contributed by atoms with Crippen LogP contribution in [-0.4, -0.2) is 25.6 Å². The molecular formula is C17H15NO5. The SMILES string of the molecule is COC(=O)c1ccc(COc2ccc3c(c2)NC(=O)CO3)cc1. The van der Waals surface area contributed by atoms with Crippen molar-refractivity contribution in [1.29, 1.82) is 0 Å². The first-order valence-electron chi connectivity index (χ1n) is 7.02. The minimum Gasteiger partial charge on any atom is -0.489 e. The van der Waals surface area contributed by atoms with Gasteiger partial charge in [-0.3, -0.25) is 4.79 Å². The molecule has 0 radical (unpaired) electrons. The van der Waals surface area contributed by atoms with Gasteiger partial charge in [-0.05, 0) is 29.8 Å². The second-order valence-electron chi connectivity index (χ2n) is 4.97. The number of anilines is 1. The minimum absolute atomic E-state index is 0.0275. The monoisotopic (exact) mass is 313 g/mol. The van der Waals surface area contributed by atoms with Gasteiger partial charge in [-0.2, -0.15) is 0 Å². The molecule has 0 aromatic heterocycles. The van der Waals surface area contributed by atoms with Crippen molar-refractivity contribution >= 4 is 17.6 Å². The Labute approximate surface area is 133 Å². The predicted molar refractivity (Wildman–Crippen MR) is 82.7 cm³/mol. The number of hydrogen-bond acceptors (Lipinski definition) is 5. The zero-order valence-corrected chi connectivity index (χ0v) is 12.5. The standard InChI is InChI=1S/C17H15NO5/c1-21-17(20)12-4-2-11(3-5-12)9-22-13-6-7-15-14(8-13)18-16(19)10-23-15/h2-8H,9-10H2,1H3,(H,18,19). The Morgan fingerprint density at radius 2 is 2.00 bits per heavy atom. The van der Waals surface area contributed by atoms with Crippen molar-refractivity contribution in [2.75, 3.05) is 19.0 Å². The topological polar surface area (TPSA) is 73.9 Å². The Morgan fingerprint density at radius 3 is 2.74 bits per heavy atom. The number of carbonyl (C=O) groups excluding carboxylic acids is 2. The van der Waals surface area contributed by atoms with Crippen LogP contribution in [0, 0.1) is 0 Å². The number of benzene rings is 2. The lowest BCUT2D eigenvalue weighted by Crippen LogP contribution is -2.25. The summed E-state index contributed by atoms with van der Waals surface area (Å²) in [5, 5.41) is 2.73. The van der Waals surface area contributed by atoms with E-state index in [2.05, 4.69) is 10.1 Å². The number of nitrogens with one attached hydrogen (secondary N) is 1. The third kappa shape index (κ3) is 3.42. The van der Waals surface area contributed by atoms with Gasteiger partial charge in [0.25, 0.3) is 5.91 Å². The number of rotatable bonds is 4. The quantitative estimate of drug-likeness (QED) is 0.877. The highest BCUT2D eigenvalue weighted by Crippen LogP contribution is 2.31. The van der Waals surface area contributed by atoms with Crippen LogP contribution < -0.4 is 14.8 Å². The largest absolute Gasteiger partial charge is 0.489 e. The number of ether oxygens (including phenoxy) is 3. The van der Waals surface area contributed by atoms with Gasteiger partial charge in [-0.25, -0.2) is 4.79 Å². The van der Waals surface area contributed by atoms with E-state index in [9.17, 15) is 9.59 Å². The molecule has 0 atom stereocenters. The summed E-state index contributed by atoms with van der Waals surface area (Å²) in [6.45, 7) is 0.370. The molecule has 6 nitrogen and oxygen atoms in total. The summed E-state index contributed by atoms with van der Waals surface area (Å²) in [7, 11) is 1.35. The van der Waals surface area contributed by atoms with E-state index >= 15 is 0 Å². The number of methoxy groups -OCH3 is 1. The van der Waals surface area contributed by atoms with E-state index < -0.39 is 0 Å². The van der Waals surface area contributed by atoms with Gasteiger partial charge >= 0.3 is 5.97 Å². The van der Waals surface area contributed by atoms with Crippen molar-refractivity contribution in [2.24, 2.45) is 0 Å². The number of fused-ring (bicyclic) bond motifs is 1. The Balaban J connectivity index is 1.65. The lowest BCUT2D eigenvalue weighted by molar-refractivity contribution is -0.118. The highest BCUT2D eigenvalue weighted by Gasteiger charge is 2.16. The number of amides is 1. The molecule has 1 heterocycles. The number of carbonyl (C=O) groups is 2. The van der Waals surface area contributed by atoms with Crippen LogP contribution in [0.1, 0.15) is 15.9 Å². The molecule has 3 rings (SSSR count). The molecule has 0 saturated carbocycles. The van der Waals surface area contributed by atoms with Gasteiger partial charge in [-0.15, -0.1) is 0 Å². The maximum absolute atomic E-state index is 11.4. The van der Waals surface area contributed by atoms with Gasteiger partial charge in [0.05, 0.1) is 18.4 Å². The summed E-state index contributed by atoms with van der Waals surface area (Å²) in [6.07, 6.45) is 0. The van der Waals surface area contributed by atoms with Crippen molar-refractivity contribution < 1.29 is 23.8 Å². The molecular weight excluding hydrogens is 298 g/mol. The highest BCUT2D eigenvalue weighted by atomic mass is 16.5. The molecule has 1 amide bonds. The summed E-state index contributed by atoms with van der Waals surface area (Å²) in [4.78, 5) is 22.7. The van der Waals surface area contributed by atoms with Crippen LogP contribution in [0.25, 0.3) is 0 Å². The molecule has 23 heavy (non-hydrogen) atoms. The summed E-state index contributed by atoms with van der Waals surface area (Å²) < 4.78 is 15.6. The van der Waals surface area contributed by atoms with Gasteiger partial charge < -0.3 is 19.5 Å². The van der Waals surface area contributed by atoms with E-state index in [4.69, 9.17) is 9.47 Å². The van der Waals surface area contributed by atoms with Crippen LogP contribution in [0.2, 0.25) is 0 Å². The lowest BCUT2D eigenvalue weighted by atomic mass is 10.1. The van der Waals surface area contributed by atoms with Gasteiger partial charge in [0, 0.05) is 6.07 Å². The summed E-state index contributed by atoms with van der Waals surface area (Å²) in [5.41, 5.74) is 2.00. The van der Waals surface area contributed by atoms with Gasteiger partial charge in [0.1, 0.15) is 18.1 Å². The number of esters is 1. The summed E-state index contributed by atoms with van der Waals surface area (Å²) in [5.74, 6) is 0.682. The first kappa shape index (κ1) is 14.9. The predicted octanol–water partition coefficient (Wildman–Crippen LogP) is 2.38. The second kappa shape index (κ2) is 6.39. The Bertz CT molecular complexity index is 739. The Morgan fingerprint density at radius 1 is 1.22 bits per heavy atom. The molecule has 0 unspecified atom stereocenters. The number of hydrogen-bond donors (Lipinski definition) is 1. The van der Waals surface area contributed by atoms with Crippen molar-refractivity contribution in [3.05, 3.63) is 53.6 Å². The van der Waals surface area contributed by atoms with Crippen LogP contribution in [-0.2, 0) is 16.1 Å². The third-order valence-electron chi connectivity index (χ3n) is 3.36. The summed E-state index contributed by atoms with van der Waals surface area (Å²) in [6, 6.07) is 12.2. The molecule has 1 aliphatic rings. The lowest BCUT2D eigenvalue weighted by Gasteiger charge is -2.18. The molecule has 1 N–H and O–H groups in total. The minimum atomic E-state index is -0.372. The molecule has 118 valence electrons. The van der Waals surface area contributed by atoms with E-state index in [1.54, 1.807) is 42.5 Å². The van der Waals surface area contributed by atoms with Gasteiger partial charge in [0.2, 0.25) is 0 Å². The van der Waals surface area contributed by atoms with Crippen molar-refractivity contribution in [3.8, 4) is 11.5 Å². The third-order valence-corrected chi connectivity index (χ3v) is 3.36. The first-order valence-corrected chi connectivity index (χ1v) is 7.02. The average molecular weight is 313 g/mol. The highest BCUT2D eigenvalue weighted by molar-refractivity contribution is 5.95. The van der Waals surface area contributed by atoms with Crippen LogP contribution in [0.4, 0.5) is 5.69 Å². The molecule has 0 fully saturated rings. The Kier molecular flexibility index (Phi) is 4.14. The fourth-order valence-electron chi connectivity index (χ4n) is 2.17. The van der Waals surface area contributed by atoms with Crippen molar-refractivity contribution in [2.45, 2.75) is 6.61 Å². The zero-order valence-electron chi connectivity index (χ0n) is 12.5. The molecule has 0 bridgehead atoms. The maximum Gasteiger partial charge on any atom is 0.337 e. The maximum atomic E-state index is 11.4. The first-order chi connectivity index (χ1) is 11.2. The van der Waals surface area contributed by atoms with Crippen LogP contribution in [0.3, 0.4) is 0 Å². The van der Waals surface area contributed by atoms with Crippen molar-refractivity contribution in [1.82, 2.24) is 0 Å². The van der Waals surface area contributed by atoms with Crippen LogP contribution >= 0.6 is 0 Å². The van der Waals surface area contributed by atoms with Gasteiger partial charge in [-0.1, -0.05) is 12.1 Å². The van der Waals surface area contributed by atoms with Crippen molar-refractivity contribution in [3.63, 3.8) is 0 Å². The molecule has 6 heteroatoms. The molecule has 0 aliphatic carbocycles. The van der Waals surface area contributed by atoms with E-state index in [-0.39, 0.29) is 18.5 Å². The van der Waals surface area contributed by atoms with E-state index in [0.717, 1.165) is 5.56 Å². The normalized spacial score (nSPS) is 12.7. The molecule has 2 aromatic rings. The van der Waals surface area contributed by atoms with E-state index in [1.165, 1.54) is 7.11 Å². The smallest absolute Gasteiger partial charge is 0.337 e. The molecule has 2 aromatic carbocycles. The zero-order chi connectivity index (χ0) is 16.2. The fourth-order valence-corrected chi connectivity index (χ4v) is 2.17. The average Bonchev–Trinajstić information content (AvgIpc) is 2.59.